The molecule has 3 rings (SSSR count). The zero-order chi connectivity index (χ0) is 23.8. The van der Waals surface area contributed by atoms with Gasteiger partial charge in [-0.2, -0.15) is 0 Å². The third-order valence-corrected chi connectivity index (χ3v) is 5.54. The number of rotatable bonds is 9. The smallest absolute Gasteiger partial charge is 0.277 e. The lowest BCUT2D eigenvalue weighted by molar-refractivity contribution is -0.113. The predicted octanol–water partition coefficient (Wildman–Crippen LogP) is 3.82. The molecule has 0 bridgehead atoms. The average molecular weight is 470 g/mol. The number of carbonyl (C=O) groups excluding carboxylic acids is 2. The molecular weight excluding hydrogens is 445 g/mol. The number of thioether (sulfide) groups is 1. The average Bonchev–Trinajstić information content (AvgIpc) is 2.80. The van der Waals surface area contributed by atoms with Crippen molar-refractivity contribution in [2.24, 2.45) is 0 Å². The maximum absolute atomic E-state index is 13.0. The molecule has 0 atom stereocenters. The quantitative estimate of drug-likeness (QED) is 0.278. The minimum Gasteiger partial charge on any atom is -0.382 e. The first-order chi connectivity index (χ1) is 15.9. The zero-order valence-electron chi connectivity index (χ0n) is 18.0. The summed E-state index contributed by atoms with van der Waals surface area (Å²) >= 11 is 1.00. The van der Waals surface area contributed by atoms with Gasteiger partial charge in [0.25, 0.3) is 11.5 Å². The lowest BCUT2D eigenvalue weighted by Crippen LogP contribution is -2.23. The van der Waals surface area contributed by atoms with Crippen LogP contribution in [0.5, 0.6) is 0 Å². The van der Waals surface area contributed by atoms with Gasteiger partial charge in [0, 0.05) is 11.3 Å². The van der Waals surface area contributed by atoms with Gasteiger partial charge in [0.05, 0.1) is 5.75 Å². The summed E-state index contributed by atoms with van der Waals surface area (Å²) in [5.41, 5.74) is 7.00. The molecule has 0 unspecified atom stereocenters. The Morgan fingerprint density at radius 3 is 2.42 bits per heavy atom. The molecule has 0 aliphatic rings. The number of aromatic nitrogens is 2. The van der Waals surface area contributed by atoms with E-state index in [-0.39, 0.29) is 33.9 Å². The van der Waals surface area contributed by atoms with Gasteiger partial charge in [-0.25, -0.2) is 9.37 Å². The normalized spacial score (nSPS) is 10.6. The Morgan fingerprint density at radius 1 is 1.09 bits per heavy atom. The van der Waals surface area contributed by atoms with E-state index in [9.17, 15) is 18.8 Å². The Bertz CT molecular complexity index is 1180. The van der Waals surface area contributed by atoms with Gasteiger partial charge in [-0.15, -0.1) is 0 Å². The largest absolute Gasteiger partial charge is 0.382 e. The van der Waals surface area contributed by atoms with E-state index in [0.29, 0.717) is 5.69 Å². The molecule has 5 N–H and O–H groups in total. The third kappa shape index (κ3) is 6.91. The van der Waals surface area contributed by atoms with E-state index >= 15 is 0 Å². The van der Waals surface area contributed by atoms with Gasteiger partial charge >= 0.3 is 0 Å². The van der Waals surface area contributed by atoms with Crippen molar-refractivity contribution in [3.8, 4) is 0 Å². The zero-order valence-corrected chi connectivity index (χ0v) is 18.8. The molecule has 0 fully saturated rings. The number of aromatic amines is 1. The van der Waals surface area contributed by atoms with Gasteiger partial charge in [0.1, 0.15) is 11.5 Å². The molecule has 3 aromatic rings. The van der Waals surface area contributed by atoms with E-state index in [1.165, 1.54) is 17.7 Å². The Balaban J connectivity index is 1.57. The van der Waals surface area contributed by atoms with Gasteiger partial charge in [-0.1, -0.05) is 37.2 Å². The van der Waals surface area contributed by atoms with Crippen LogP contribution in [-0.4, -0.2) is 27.5 Å². The fourth-order valence-electron chi connectivity index (χ4n) is 2.91. The van der Waals surface area contributed by atoms with Crippen LogP contribution in [0.25, 0.3) is 0 Å². The van der Waals surface area contributed by atoms with Crippen LogP contribution in [0, 0.1) is 5.82 Å². The van der Waals surface area contributed by atoms with Crippen molar-refractivity contribution in [2.45, 2.75) is 31.3 Å². The van der Waals surface area contributed by atoms with Crippen LogP contribution >= 0.6 is 11.8 Å². The third-order valence-electron chi connectivity index (χ3n) is 4.67. The molecule has 8 nitrogen and oxygen atoms in total. The number of nitrogen functional groups attached to an aromatic ring is 1. The van der Waals surface area contributed by atoms with Crippen LogP contribution in [0.3, 0.4) is 0 Å². The van der Waals surface area contributed by atoms with Crippen molar-refractivity contribution < 1.29 is 14.0 Å². The first kappa shape index (κ1) is 24.0. The van der Waals surface area contributed by atoms with Crippen LogP contribution in [-0.2, 0) is 11.2 Å². The lowest BCUT2D eigenvalue weighted by atomic mass is 10.1. The van der Waals surface area contributed by atoms with E-state index in [2.05, 4.69) is 27.5 Å². The summed E-state index contributed by atoms with van der Waals surface area (Å²) in [5, 5.41) is 5.31. The maximum Gasteiger partial charge on any atom is 0.277 e. The molecule has 0 saturated heterocycles. The van der Waals surface area contributed by atoms with Crippen LogP contribution in [0.1, 0.15) is 35.7 Å². The van der Waals surface area contributed by atoms with Crippen LogP contribution in [0.15, 0.2) is 58.5 Å². The second kappa shape index (κ2) is 11.3. The van der Waals surface area contributed by atoms with Crippen molar-refractivity contribution in [1.82, 2.24) is 9.97 Å². The van der Waals surface area contributed by atoms with E-state index < -0.39 is 17.3 Å². The SMILES string of the molecule is CCCCc1ccc(NC(=O)CSc2nc(N)c(NC(=O)c3ccc(F)cc3)c(=O)[nH]2)cc1. The molecule has 2 aromatic carbocycles. The highest BCUT2D eigenvalue weighted by atomic mass is 32.2. The topological polar surface area (TPSA) is 130 Å². The minimum atomic E-state index is -0.663. The Morgan fingerprint density at radius 2 is 1.79 bits per heavy atom. The standard InChI is InChI=1S/C23H24FN5O3S/c1-2-3-4-14-5-11-17(12-6-14)26-18(30)13-33-23-28-20(25)19(22(32)29-23)27-21(31)15-7-9-16(24)10-8-15/h5-12H,2-4,13H2,1H3,(H,26,30)(H,27,31)(H3,25,28,29,32). The molecular formula is C23H24FN5O3S. The van der Waals surface area contributed by atoms with E-state index in [4.69, 9.17) is 5.73 Å². The lowest BCUT2D eigenvalue weighted by Gasteiger charge is -2.09. The number of nitrogens with two attached hydrogens (primary N) is 1. The number of unbranched alkanes of at least 4 members (excludes halogenated alkanes) is 1. The van der Waals surface area contributed by atoms with Gasteiger partial charge in [-0.05, 0) is 54.8 Å². The number of nitrogens with zero attached hydrogens (tertiary/aromatic N) is 1. The summed E-state index contributed by atoms with van der Waals surface area (Å²) in [6, 6.07) is 12.5. The van der Waals surface area contributed by atoms with Crippen molar-refractivity contribution in [3.05, 3.63) is 75.8 Å². The molecule has 2 amide bonds. The monoisotopic (exact) mass is 469 g/mol. The Kier molecular flexibility index (Phi) is 8.20. The van der Waals surface area contributed by atoms with Crippen molar-refractivity contribution >= 4 is 40.8 Å². The van der Waals surface area contributed by atoms with Gasteiger partial charge in [-0.3, -0.25) is 19.4 Å². The highest BCUT2D eigenvalue weighted by molar-refractivity contribution is 7.99. The molecule has 1 aromatic heterocycles. The first-order valence-electron chi connectivity index (χ1n) is 10.3. The number of benzene rings is 2. The van der Waals surface area contributed by atoms with E-state index in [0.717, 1.165) is 43.2 Å². The number of amides is 2. The second-order valence-corrected chi connectivity index (χ2v) is 8.19. The molecule has 0 saturated carbocycles. The van der Waals surface area contributed by atoms with Crippen molar-refractivity contribution in [1.29, 1.82) is 0 Å². The molecule has 33 heavy (non-hydrogen) atoms. The van der Waals surface area contributed by atoms with Gasteiger partial charge < -0.3 is 16.4 Å². The van der Waals surface area contributed by atoms with E-state index in [1.54, 1.807) is 0 Å². The number of carbonyl (C=O) groups is 2. The number of hydrogen-bond acceptors (Lipinski definition) is 6. The number of H-pyrrole nitrogens is 1. The summed E-state index contributed by atoms with van der Waals surface area (Å²) in [5.74, 6) is -1.58. The highest BCUT2D eigenvalue weighted by Gasteiger charge is 2.15. The molecule has 0 radical (unpaired) electrons. The number of aryl methyl sites for hydroxylation is 1. The summed E-state index contributed by atoms with van der Waals surface area (Å²) < 4.78 is 13.0. The minimum absolute atomic E-state index is 0.00124. The number of nitrogens with one attached hydrogen (secondary N) is 3. The van der Waals surface area contributed by atoms with Gasteiger partial charge in [0.15, 0.2) is 11.0 Å². The number of hydrogen-bond donors (Lipinski definition) is 4. The molecule has 1 heterocycles. The molecule has 0 spiro atoms. The van der Waals surface area contributed by atoms with Crippen molar-refractivity contribution in [3.63, 3.8) is 0 Å². The van der Waals surface area contributed by atoms with Crippen LogP contribution in [0.2, 0.25) is 0 Å². The number of halogens is 1. The summed E-state index contributed by atoms with van der Waals surface area (Å²) in [6.45, 7) is 2.14. The summed E-state index contributed by atoms with van der Waals surface area (Å²) in [7, 11) is 0. The highest BCUT2D eigenvalue weighted by Crippen LogP contribution is 2.18. The Labute approximate surface area is 194 Å². The fraction of sp³-hybridized carbons (Fsp3) is 0.217. The molecule has 172 valence electrons. The Hall–Kier alpha value is -3.66. The maximum atomic E-state index is 13.0. The fourth-order valence-corrected chi connectivity index (χ4v) is 3.58. The van der Waals surface area contributed by atoms with Gasteiger partial charge in [0.2, 0.25) is 5.91 Å². The molecule has 10 heteroatoms. The predicted molar refractivity (Wildman–Crippen MR) is 128 cm³/mol. The summed E-state index contributed by atoms with van der Waals surface area (Å²) in [6.07, 6.45) is 3.24. The molecule has 0 aliphatic carbocycles. The van der Waals surface area contributed by atoms with Crippen molar-refractivity contribution in [2.75, 3.05) is 22.1 Å². The number of anilines is 3. The first-order valence-corrected chi connectivity index (χ1v) is 11.3. The van der Waals surface area contributed by atoms with Crippen LogP contribution in [0.4, 0.5) is 21.6 Å². The summed E-state index contributed by atoms with van der Waals surface area (Å²) in [4.78, 5) is 43.4. The van der Waals surface area contributed by atoms with E-state index in [1.807, 2.05) is 24.3 Å². The molecule has 0 aliphatic heterocycles. The second-order valence-electron chi connectivity index (χ2n) is 7.23. The van der Waals surface area contributed by atoms with Crippen LogP contribution < -0.4 is 21.9 Å².